The summed E-state index contributed by atoms with van der Waals surface area (Å²) in [6.45, 7) is 7.08. The Balaban J connectivity index is 1.68. The number of rotatable bonds is 7. The molecule has 4 rings (SSSR count). The van der Waals surface area contributed by atoms with Crippen LogP contribution in [-0.4, -0.2) is 53.9 Å². The van der Waals surface area contributed by atoms with E-state index < -0.39 is 20.8 Å². The summed E-state index contributed by atoms with van der Waals surface area (Å²) in [7, 11) is -3.34. The van der Waals surface area contributed by atoms with Crippen LogP contribution in [-0.2, 0) is 16.6 Å². The highest BCUT2D eigenvalue weighted by atomic mass is 35.5. The molecule has 3 aromatic rings. The molecule has 1 aromatic heterocycles. The van der Waals surface area contributed by atoms with Crippen LogP contribution in [0.15, 0.2) is 59.5 Å². The van der Waals surface area contributed by atoms with Gasteiger partial charge in [0.2, 0.25) is 15.8 Å². The number of hydrogen-bond acceptors (Lipinski definition) is 6. The van der Waals surface area contributed by atoms with Gasteiger partial charge >= 0.3 is 5.56 Å². The zero-order valence-electron chi connectivity index (χ0n) is 20.0. The van der Waals surface area contributed by atoms with E-state index in [4.69, 9.17) is 16.3 Å². The van der Waals surface area contributed by atoms with Crippen LogP contribution in [0.2, 0.25) is 5.02 Å². The lowest BCUT2D eigenvalue weighted by atomic mass is 10.1. The summed E-state index contributed by atoms with van der Waals surface area (Å²) in [5, 5.41) is 4.40. The summed E-state index contributed by atoms with van der Waals surface area (Å²) >= 11 is 6.13. The Kier molecular flexibility index (Phi) is 7.49. The van der Waals surface area contributed by atoms with Gasteiger partial charge in [-0.05, 0) is 50.1 Å². The van der Waals surface area contributed by atoms with Crippen molar-refractivity contribution in [3.8, 4) is 11.4 Å². The van der Waals surface area contributed by atoms with E-state index >= 15 is 0 Å². The molecule has 0 aliphatic carbocycles. The SMILES string of the molecule is Cc1ccccc1COc1c(N2CCN(S(=O)(=O)C(C)C)CC2)cnn(-c2cccc(Cl)c2)c1=O. The van der Waals surface area contributed by atoms with Crippen LogP contribution in [0.4, 0.5) is 5.69 Å². The molecular weight excluding hydrogens is 488 g/mol. The standard InChI is InChI=1S/C25H29ClN4O4S/c1-18(2)35(32,33)29-13-11-28(12-14-29)23-16-27-30(22-10-6-9-21(26)15-22)25(31)24(23)34-17-20-8-5-4-7-19(20)3/h4-10,15-16,18H,11-14,17H2,1-3H3. The highest BCUT2D eigenvalue weighted by Crippen LogP contribution is 2.27. The molecule has 0 spiro atoms. The van der Waals surface area contributed by atoms with E-state index in [1.54, 1.807) is 44.3 Å². The zero-order chi connectivity index (χ0) is 25.2. The van der Waals surface area contributed by atoms with Gasteiger partial charge in [0, 0.05) is 31.2 Å². The molecule has 1 fully saturated rings. The molecule has 0 atom stereocenters. The Labute approximate surface area is 210 Å². The number of halogens is 1. The molecule has 35 heavy (non-hydrogen) atoms. The number of hydrogen-bond donors (Lipinski definition) is 0. The first-order valence-electron chi connectivity index (χ1n) is 11.5. The van der Waals surface area contributed by atoms with Crippen molar-refractivity contribution in [1.82, 2.24) is 14.1 Å². The fraction of sp³-hybridized carbons (Fsp3) is 0.360. The summed E-state index contributed by atoms with van der Waals surface area (Å²) in [5.41, 5.74) is 2.70. The van der Waals surface area contributed by atoms with Gasteiger partial charge < -0.3 is 9.64 Å². The second-order valence-corrected chi connectivity index (χ2v) is 11.7. The van der Waals surface area contributed by atoms with Crippen molar-refractivity contribution < 1.29 is 13.2 Å². The van der Waals surface area contributed by atoms with Gasteiger partial charge in [-0.15, -0.1) is 0 Å². The largest absolute Gasteiger partial charge is 0.481 e. The van der Waals surface area contributed by atoms with Crippen LogP contribution in [0.25, 0.3) is 5.69 Å². The smallest absolute Gasteiger partial charge is 0.316 e. The van der Waals surface area contributed by atoms with Crippen molar-refractivity contribution in [2.24, 2.45) is 0 Å². The second kappa shape index (κ2) is 10.4. The van der Waals surface area contributed by atoms with Gasteiger partial charge in [-0.3, -0.25) is 4.79 Å². The summed E-state index contributed by atoms with van der Waals surface area (Å²) in [4.78, 5) is 15.5. The van der Waals surface area contributed by atoms with E-state index in [0.29, 0.717) is 42.6 Å². The van der Waals surface area contributed by atoms with E-state index in [1.807, 2.05) is 36.1 Å². The molecule has 0 saturated carbocycles. The monoisotopic (exact) mass is 516 g/mol. The number of sulfonamides is 1. The molecule has 1 saturated heterocycles. The number of piperazine rings is 1. The summed E-state index contributed by atoms with van der Waals surface area (Å²) in [5.74, 6) is 0.170. The first-order chi connectivity index (χ1) is 16.7. The average molecular weight is 517 g/mol. The maximum Gasteiger partial charge on any atom is 0.316 e. The first-order valence-corrected chi connectivity index (χ1v) is 13.4. The first kappa shape index (κ1) is 25.2. The molecule has 0 bridgehead atoms. The zero-order valence-corrected chi connectivity index (χ0v) is 21.6. The van der Waals surface area contributed by atoms with E-state index in [2.05, 4.69) is 5.10 Å². The third-order valence-corrected chi connectivity index (χ3v) is 8.65. The number of benzene rings is 2. The highest BCUT2D eigenvalue weighted by Gasteiger charge is 2.31. The van der Waals surface area contributed by atoms with E-state index in [0.717, 1.165) is 11.1 Å². The Bertz CT molecular complexity index is 1370. The summed E-state index contributed by atoms with van der Waals surface area (Å²) in [6.07, 6.45) is 1.60. The molecule has 0 amide bonds. The van der Waals surface area contributed by atoms with Crippen LogP contribution in [0, 0.1) is 6.92 Å². The van der Waals surface area contributed by atoms with Crippen molar-refractivity contribution in [3.05, 3.63) is 81.2 Å². The van der Waals surface area contributed by atoms with Gasteiger partial charge in [0.25, 0.3) is 0 Å². The molecular formula is C25H29ClN4O4S. The van der Waals surface area contributed by atoms with Crippen LogP contribution >= 0.6 is 11.6 Å². The number of nitrogens with zero attached hydrogens (tertiary/aromatic N) is 4. The lowest BCUT2D eigenvalue weighted by Crippen LogP contribution is -2.50. The topological polar surface area (TPSA) is 84.7 Å². The molecule has 2 aromatic carbocycles. The minimum Gasteiger partial charge on any atom is -0.481 e. The molecule has 1 aliphatic rings. The minimum atomic E-state index is -3.34. The normalized spacial score (nSPS) is 14.9. The van der Waals surface area contributed by atoms with E-state index in [1.165, 1.54) is 8.99 Å². The number of anilines is 1. The Hall–Kier alpha value is -2.88. The fourth-order valence-electron chi connectivity index (χ4n) is 3.99. The van der Waals surface area contributed by atoms with E-state index in [-0.39, 0.29) is 12.4 Å². The van der Waals surface area contributed by atoms with Gasteiger partial charge in [-0.1, -0.05) is 41.9 Å². The second-order valence-electron chi connectivity index (χ2n) is 8.75. The van der Waals surface area contributed by atoms with Gasteiger partial charge in [0.05, 0.1) is 17.1 Å². The molecule has 186 valence electrons. The van der Waals surface area contributed by atoms with Gasteiger partial charge in [-0.2, -0.15) is 14.1 Å². The maximum atomic E-state index is 13.6. The van der Waals surface area contributed by atoms with Crippen molar-refractivity contribution in [3.63, 3.8) is 0 Å². The fourth-order valence-corrected chi connectivity index (χ4v) is 5.44. The third-order valence-electron chi connectivity index (χ3n) is 6.14. The molecule has 0 N–H and O–H groups in total. The quantitative estimate of drug-likeness (QED) is 0.477. The number of aromatic nitrogens is 2. The lowest BCUT2D eigenvalue weighted by molar-refractivity contribution is 0.297. The minimum absolute atomic E-state index is 0.170. The van der Waals surface area contributed by atoms with Crippen molar-refractivity contribution in [2.75, 3.05) is 31.1 Å². The maximum absolute atomic E-state index is 13.6. The Morgan fingerprint density at radius 1 is 1.06 bits per heavy atom. The van der Waals surface area contributed by atoms with Crippen molar-refractivity contribution in [2.45, 2.75) is 32.6 Å². The van der Waals surface area contributed by atoms with Crippen LogP contribution in [0.1, 0.15) is 25.0 Å². The van der Waals surface area contributed by atoms with Gasteiger partial charge in [0.15, 0.2) is 0 Å². The molecule has 0 radical (unpaired) electrons. The Morgan fingerprint density at radius 2 is 1.77 bits per heavy atom. The predicted octanol–water partition coefficient (Wildman–Crippen LogP) is 3.63. The van der Waals surface area contributed by atoms with Crippen LogP contribution in [0.3, 0.4) is 0 Å². The third kappa shape index (κ3) is 5.37. The lowest BCUT2D eigenvalue weighted by Gasteiger charge is -2.36. The molecule has 10 heteroatoms. The Morgan fingerprint density at radius 3 is 2.43 bits per heavy atom. The molecule has 8 nitrogen and oxygen atoms in total. The van der Waals surface area contributed by atoms with Crippen molar-refractivity contribution >= 4 is 27.3 Å². The molecule has 0 unspecified atom stereocenters. The van der Waals surface area contributed by atoms with E-state index in [9.17, 15) is 13.2 Å². The highest BCUT2D eigenvalue weighted by molar-refractivity contribution is 7.89. The molecule has 2 heterocycles. The summed E-state index contributed by atoms with van der Waals surface area (Å²) in [6, 6.07) is 14.7. The summed E-state index contributed by atoms with van der Waals surface area (Å²) < 4.78 is 34.1. The van der Waals surface area contributed by atoms with Crippen LogP contribution in [0.5, 0.6) is 5.75 Å². The number of aryl methyl sites for hydroxylation is 1. The number of ether oxygens (including phenoxy) is 1. The van der Waals surface area contributed by atoms with Gasteiger partial charge in [-0.25, -0.2) is 8.42 Å². The average Bonchev–Trinajstić information content (AvgIpc) is 2.84. The van der Waals surface area contributed by atoms with Crippen molar-refractivity contribution in [1.29, 1.82) is 0 Å². The molecule has 1 aliphatic heterocycles. The van der Waals surface area contributed by atoms with Crippen LogP contribution < -0.4 is 15.2 Å². The van der Waals surface area contributed by atoms with Gasteiger partial charge in [0.1, 0.15) is 12.3 Å². The predicted molar refractivity (Wildman–Crippen MR) is 138 cm³/mol.